The zero-order valence-corrected chi connectivity index (χ0v) is 22.5. The Morgan fingerprint density at radius 2 is 1.00 bits per heavy atom. The molecule has 170 valence electrons. The van der Waals surface area contributed by atoms with Crippen LogP contribution in [0.5, 0.6) is 0 Å². The molecule has 4 nitrogen and oxygen atoms in total. The molecule has 2 unspecified atom stereocenters. The second-order valence-corrected chi connectivity index (χ2v) is 10.2. The van der Waals surface area contributed by atoms with Gasteiger partial charge in [0.2, 0.25) is 0 Å². The van der Waals surface area contributed by atoms with E-state index in [4.69, 9.17) is 0 Å². The Hall–Kier alpha value is 0.870. The molecule has 0 aromatic rings. The van der Waals surface area contributed by atoms with E-state index in [9.17, 15) is 18.1 Å². The van der Waals surface area contributed by atoms with Crippen molar-refractivity contribution >= 4 is 10.1 Å². The van der Waals surface area contributed by atoms with Gasteiger partial charge < -0.3 is 9.66 Å². The van der Waals surface area contributed by atoms with E-state index in [0.29, 0.717) is 25.7 Å². The van der Waals surface area contributed by atoms with Gasteiger partial charge in [0, 0.05) is 5.25 Å². The molecule has 0 rings (SSSR count). The minimum absolute atomic E-state index is 0. The minimum Gasteiger partial charge on any atom is -0.748 e. The fourth-order valence-corrected chi connectivity index (χ4v) is 4.72. The average Bonchev–Trinajstić information content (AvgIpc) is 2.64. The van der Waals surface area contributed by atoms with Crippen LogP contribution in [0.3, 0.4) is 0 Å². The van der Waals surface area contributed by atoms with E-state index in [1.165, 1.54) is 57.8 Å². The van der Waals surface area contributed by atoms with Crippen molar-refractivity contribution in [3.63, 3.8) is 0 Å². The summed E-state index contributed by atoms with van der Waals surface area (Å²) in [6, 6.07) is 0. The Morgan fingerprint density at radius 3 is 1.45 bits per heavy atom. The van der Waals surface area contributed by atoms with Gasteiger partial charge in [0.05, 0.1) is 16.2 Å². The molecule has 0 saturated carbocycles. The summed E-state index contributed by atoms with van der Waals surface area (Å²) in [5.74, 6) is 0. The van der Waals surface area contributed by atoms with Gasteiger partial charge in [-0.3, -0.25) is 0 Å². The van der Waals surface area contributed by atoms with E-state index in [0.717, 1.165) is 38.5 Å². The van der Waals surface area contributed by atoms with E-state index in [1.807, 2.05) is 0 Å². The number of unbranched alkanes of at least 4 members (excludes halogenated alkanes) is 12. The first-order valence-electron chi connectivity index (χ1n) is 12.0. The summed E-state index contributed by atoms with van der Waals surface area (Å²) >= 11 is 0. The van der Waals surface area contributed by atoms with Gasteiger partial charge in [0.15, 0.2) is 0 Å². The zero-order valence-electron chi connectivity index (χ0n) is 19.7. The van der Waals surface area contributed by atoms with E-state index in [2.05, 4.69) is 13.8 Å². The molecular weight excluding hydrogens is 395 g/mol. The molecule has 0 aliphatic carbocycles. The molecule has 1 N–H and O–H groups in total. The largest absolute Gasteiger partial charge is 1.00 e. The van der Waals surface area contributed by atoms with E-state index >= 15 is 0 Å². The molecule has 0 radical (unpaired) electrons. The normalized spacial score (nSPS) is 13.8. The number of hydrogen-bond donors (Lipinski definition) is 1. The van der Waals surface area contributed by atoms with Gasteiger partial charge >= 0.3 is 29.6 Å². The van der Waals surface area contributed by atoms with Gasteiger partial charge in [-0.05, 0) is 32.1 Å². The molecule has 0 amide bonds. The van der Waals surface area contributed by atoms with Crippen LogP contribution in [0.25, 0.3) is 0 Å². The van der Waals surface area contributed by atoms with Gasteiger partial charge in [0.1, 0.15) is 0 Å². The molecule has 0 aliphatic rings. The second-order valence-electron chi connectivity index (χ2n) is 8.52. The predicted octanol–water partition coefficient (Wildman–Crippen LogP) is 3.72. The van der Waals surface area contributed by atoms with Crippen molar-refractivity contribution in [2.75, 3.05) is 0 Å². The summed E-state index contributed by atoms with van der Waals surface area (Å²) in [6.45, 7) is 4.33. The summed E-state index contributed by atoms with van der Waals surface area (Å²) in [5, 5.41) is 9.09. The molecule has 0 aromatic carbocycles. The van der Waals surface area contributed by atoms with Crippen LogP contribution < -0.4 is 29.6 Å². The standard InChI is InChI=1S/C23H48O4S.Na/c1-3-5-7-8-9-10-11-12-13-14-15-16-20-23(28(25,26)27)21-17-19-22(24)18-6-4-2;/h22-24H,3-21H2,1-2H3,(H,25,26,27);/q;+1/p-1. The topological polar surface area (TPSA) is 77.4 Å². The van der Waals surface area contributed by atoms with Crippen LogP contribution in [0.1, 0.15) is 136 Å². The Kier molecular flexibility index (Phi) is 24.4. The molecule has 6 heteroatoms. The minimum atomic E-state index is -4.23. The van der Waals surface area contributed by atoms with Gasteiger partial charge in [-0.15, -0.1) is 0 Å². The van der Waals surface area contributed by atoms with Crippen LogP contribution in [-0.4, -0.2) is 29.4 Å². The Bertz CT molecular complexity index is 429. The molecule has 0 spiro atoms. The van der Waals surface area contributed by atoms with E-state index < -0.39 is 15.4 Å². The summed E-state index contributed by atoms with van der Waals surface area (Å²) in [5.41, 5.74) is 0. The van der Waals surface area contributed by atoms with Crippen LogP contribution >= 0.6 is 0 Å². The molecule has 0 bridgehead atoms. The van der Waals surface area contributed by atoms with Crippen LogP contribution in [-0.2, 0) is 10.1 Å². The summed E-state index contributed by atoms with van der Waals surface area (Å²) in [4.78, 5) is 0. The molecule has 0 saturated heterocycles. The number of aliphatic hydroxyl groups excluding tert-OH is 1. The number of rotatable bonds is 21. The average molecular weight is 443 g/mol. The fraction of sp³-hybridized carbons (Fsp3) is 1.00. The zero-order chi connectivity index (χ0) is 21.1. The monoisotopic (exact) mass is 442 g/mol. The Balaban J connectivity index is 0. The summed E-state index contributed by atoms with van der Waals surface area (Å²) in [7, 11) is -4.23. The third-order valence-corrected chi connectivity index (χ3v) is 7.03. The molecular formula is C23H47NaO4S. The van der Waals surface area contributed by atoms with Crippen LogP contribution in [0.4, 0.5) is 0 Å². The first-order chi connectivity index (χ1) is 13.4. The van der Waals surface area contributed by atoms with Crippen molar-refractivity contribution in [3.8, 4) is 0 Å². The van der Waals surface area contributed by atoms with Crippen molar-refractivity contribution < 1.29 is 47.6 Å². The number of hydrogen-bond acceptors (Lipinski definition) is 4. The van der Waals surface area contributed by atoms with E-state index in [1.54, 1.807) is 0 Å². The van der Waals surface area contributed by atoms with Crippen LogP contribution in [0.2, 0.25) is 0 Å². The molecule has 29 heavy (non-hydrogen) atoms. The van der Waals surface area contributed by atoms with Gasteiger partial charge in [0.25, 0.3) is 0 Å². The second kappa shape index (κ2) is 22.1. The third-order valence-electron chi connectivity index (χ3n) is 5.74. The first kappa shape index (κ1) is 32.1. The Labute approximate surface area is 204 Å². The van der Waals surface area contributed by atoms with Gasteiger partial charge in [-0.1, -0.05) is 104 Å². The quantitative estimate of drug-likeness (QED) is 0.167. The van der Waals surface area contributed by atoms with Crippen LogP contribution in [0.15, 0.2) is 0 Å². The Morgan fingerprint density at radius 1 is 0.621 bits per heavy atom. The SMILES string of the molecule is CCCCCCCCCCCCCCC(CCCC(O)CCCC)S(=O)(=O)[O-].[Na+]. The van der Waals surface area contributed by atoms with Crippen molar-refractivity contribution in [2.24, 2.45) is 0 Å². The van der Waals surface area contributed by atoms with Crippen molar-refractivity contribution in [2.45, 2.75) is 147 Å². The number of aliphatic hydroxyl groups is 1. The predicted molar refractivity (Wildman–Crippen MR) is 119 cm³/mol. The summed E-state index contributed by atoms with van der Waals surface area (Å²) in [6.07, 6.45) is 19.4. The van der Waals surface area contributed by atoms with Gasteiger partial charge in [-0.25, -0.2) is 8.42 Å². The molecule has 0 fully saturated rings. The maximum Gasteiger partial charge on any atom is 1.00 e. The third kappa shape index (κ3) is 21.9. The van der Waals surface area contributed by atoms with Crippen molar-refractivity contribution in [1.82, 2.24) is 0 Å². The molecule has 0 aliphatic heterocycles. The van der Waals surface area contributed by atoms with E-state index in [-0.39, 0.29) is 35.7 Å². The molecule has 2 atom stereocenters. The van der Waals surface area contributed by atoms with Crippen molar-refractivity contribution in [1.29, 1.82) is 0 Å². The first-order valence-corrected chi connectivity index (χ1v) is 13.5. The summed E-state index contributed by atoms with van der Waals surface area (Å²) < 4.78 is 34.5. The van der Waals surface area contributed by atoms with Crippen LogP contribution in [0, 0.1) is 0 Å². The molecule has 0 aromatic heterocycles. The van der Waals surface area contributed by atoms with Crippen molar-refractivity contribution in [3.05, 3.63) is 0 Å². The fourth-order valence-electron chi connectivity index (χ4n) is 3.81. The maximum atomic E-state index is 11.5. The maximum absolute atomic E-state index is 11.5. The molecule has 0 heterocycles. The van der Waals surface area contributed by atoms with Gasteiger partial charge in [-0.2, -0.15) is 0 Å². The smallest absolute Gasteiger partial charge is 0.748 e.